The lowest BCUT2D eigenvalue weighted by Crippen LogP contribution is -2.11. The fraction of sp³-hybridized carbons (Fsp3) is 0.250. The molecule has 1 atom stereocenters. The predicted molar refractivity (Wildman–Crippen MR) is 80.1 cm³/mol. The summed E-state index contributed by atoms with van der Waals surface area (Å²) in [4.78, 5) is 4.84. The number of aryl methyl sites for hydroxylation is 1. The first kappa shape index (κ1) is 14.4. The Hall–Kier alpha value is -1.58. The number of rotatable bonds is 4. The van der Waals surface area contributed by atoms with Crippen molar-refractivity contribution in [2.75, 3.05) is 0 Å². The Labute approximate surface area is 129 Å². The van der Waals surface area contributed by atoms with Gasteiger partial charge in [-0.2, -0.15) is 0 Å². The Balaban J connectivity index is 1.93. The van der Waals surface area contributed by atoms with E-state index in [1.54, 1.807) is 12.3 Å². The van der Waals surface area contributed by atoms with E-state index in [-0.39, 0.29) is 10.2 Å². The summed E-state index contributed by atoms with van der Waals surface area (Å²) in [5, 5.41) is 10.4. The van der Waals surface area contributed by atoms with Crippen LogP contribution in [0.25, 0.3) is 10.8 Å². The molecule has 1 unspecified atom stereocenters. The molecule has 110 valence electrons. The fourth-order valence-electron chi connectivity index (χ4n) is 1.65. The van der Waals surface area contributed by atoms with Crippen LogP contribution < -0.4 is 0 Å². The van der Waals surface area contributed by atoms with Crippen molar-refractivity contribution in [1.29, 1.82) is 0 Å². The quantitative estimate of drug-likeness (QED) is 0.725. The van der Waals surface area contributed by atoms with Gasteiger partial charge in [-0.05, 0) is 25.3 Å². The van der Waals surface area contributed by atoms with Crippen molar-refractivity contribution >= 4 is 32.5 Å². The van der Waals surface area contributed by atoms with Gasteiger partial charge >= 0.3 is 0 Å². The molecule has 3 aromatic heterocycles. The van der Waals surface area contributed by atoms with Gasteiger partial charge in [0.2, 0.25) is 20.1 Å². The minimum Gasteiger partial charge on any atom is -0.418 e. The summed E-state index contributed by atoms with van der Waals surface area (Å²) < 4.78 is 30.5. The molecule has 0 aliphatic heterocycles. The van der Waals surface area contributed by atoms with Crippen LogP contribution in [-0.4, -0.2) is 23.6 Å². The van der Waals surface area contributed by atoms with Gasteiger partial charge in [0.05, 0.1) is 4.88 Å². The van der Waals surface area contributed by atoms with Crippen molar-refractivity contribution in [2.24, 2.45) is 0 Å². The summed E-state index contributed by atoms with van der Waals surface area (Å²) >= 11 is 2.55. The van der Waals surface area contributed by atoms with Gasteiger partial charge in [-0.3, -0.25) is 0 Å². The number of aromatic nitrogens is 3. The molecule has 0 bridgehead atoms. The van der Waals surface area contributed by atoms with Crippen LogP contribution in [0.15, 0.2) is 31.6 Å². The topological polar surface area (TPSA) is 86.0 Å². The van der Waals surface area contributed by atoms with Crippen LogP contribution in [0.3, 0.4) is 0 Å². The second-order valence-electron chi connectivity index (χ2n) is 4.36. The van der Waals surface area contributed by atoms with Gasteiger partial charge in [0.15, 0.2) is 0 Å². The molecule has 21 heavy (non-hydrogen) atoms. The first-order valence-corrected chi connectivity index (χ1v) is 9.32. The monoisotopic (exact) mass is 341 g/mol. The molecule has 0 aromatic carbocycles. The van der Waals surface area contributed by atoms with Crippen LogP contribution in [0.5, 0.6) is 0 Å². The van der Waals surface area contributed by atoms with Gasteiger partial charge in [-0.25, -0.2) is 13.4 Å². The largest absolute Gasteiger partial charge is 0.418 e. The second-order valence-corrected chi connectivity index (χ2v) is 8.61. The highest BCUT2D eigenvalue weighted by Gasteiger charge is 2.32. The smallest absolute Gasteiger partial charge is 0.257 e. The average Bonchev–Trinajstić information content (AvgIpc) is 3.18. The van der Waals surface area contributed by atoms with Crippen molar-refractivity contribution in [3.8, 4) is 10.8 Å². The Kier molecular flexibility index (Phi) is 3.64. The first-order valence-electron chi connectivity index (χ1n) is 6.02. The predicted octanol–water partition coefficient (Wildman–Crippen LogP) is 3.10. The number of sulfone groups is 1. The van der Waals surface area contributed by atoms with Crippen molar-refractivity contribution in [2.45, 2.75) is 23.4 Å². The van der Waals surface area contributed by atoms with Crippen LogP contribution in [0.1, 0.15) is 23.8 Å². The third-order valence-electron chi connectivity index (χ3n) is 2.83. The molecule has 0 amide bonds. The van der Waals surface area contributed by atoms with E-state index in [1.807, 2.05) is 17.5 Å². The molecule has 0 aliphatic carbocycles. The Morgan fingerprint density at radius 2 is 2.10 bits per heavy atom. The molecular weight excluding hydrogens is 330 g/mol. The van der Waals surface area contributed by atoms with E-state index in [1.165, 1.54) is 18.3 Å². The first-order chi connectivity index (χ1) is 9.98. The molecular formula is C12H11N3O3S3. The normalized spacial score (nSPS) is 13.4. The van der Waals surface area contributed by atoms with Crippen LogP contribution in [0, 0.1) is 6.92 Å². The standard InChI is InChI=1S/C12H11N3O3S3/c1-7-6-20-12(13-7)21(16,17)8(2)10-14-15-11(18-10)9-4-3-5-19-9/h3-6,8H,1-2H3. The van der Waals surface area contributed by atoms with Crippen molar-refractivity contribution in [3.05, 3.63) is 34.5 Å². The molecule has 3 rings (SSSR count). The molecule has 9 heteroatoms. The van der Waals surface area contributed by atoms with Gasteiger partial charge < -0.3 is 4.42 Å². The maximum absolute atomic E-state index is 12.5. The van der Waals surface area contributed by atoms with Crippen molar-refractivity contribution in [3.63, 3.8) is 0 Å². The van der Waals surface area contributed by atoms with Crippen LogP contribution in [0.4, 0.5) is 0 Å². The molecule has 0 saturated carbocycles. The average molecular weight is 341 g/mol. The van der Waals surface area contributed by atoms with Crippen molar-refractivity contribution < 1.29 is 12.8 Å². The van der Waals surface area contributed by atoms with E-state index in [2.05, 4.69) is 15.2 Å². The second kappa shape index (κ2) is 5.32. The highest BCUT2D eigenvalue weighted by atomic mass is 32.2. The number of thiazole rings is 1. The minimum absolute atomic E-state index is 0.0726. The molecule has 0 fully saturated rings. The molecule has 0 radical (unpaired) electrons. The van der Waals surface area contributed by atoms with E-state index in [0.717, 1.165) is 16.2 Å². The zero-order valence-corrected chi connectivity index (χ0v) is 13.6. The summed E-state index contributed by atoms with van der Waals surface area (Å²) in [7, 11) is -3.61. The van der Waals surface area contributed by atoms with Gasteiger partial charge in [0, 0.05) is 11.1 Å². The number of hydrogen-bond donors (Lipinski definition) is 0. The number of hydrogen-bond acceptors (Lipinski definition) is 8. The lowest BCUT2D eigenvalue weighted by atomic mass is 10.5. The van der Waals surface area contributed by atoms with Crippen LogP contribution in [0.2, 0.25) is 0 Å². The van der Waals surface area contributed by atoms with E-state index in [4.69, 9.17) is 4.42 Å². The molecule has 0 saturated heterocycles. The maximum atomic E-state index is 12.5. The lowest BCUT2D eigenvalue weighted by Gasteiger charge is -2.05. The summed E-state index contributed by atoms with van der Waals surface area (Å²) in [5.74, 6) is 0.406. The Morgan fingerprint density at radius 3 is 2.71 bits per heavy atom. The Bertz CT molecular complexity index is 849. The summed E-state index contributed by atoms with van der Waals surface area (Å²) in [6, 6.07) is 3.70. The molecule has 6 nitrogen and oxygen atoms in total. The highest BCUT2D eigenvalue weighted by molar-refractivity contribution is 7.93. The number of nitrogens with zero attached hydrogens (tertiary/aromatic N) is 3. The SMILES string of the molecule is Cc1csc(S(=O)(=O)C(C)c2nnc(-c3cccs3)o2)n1. The van der Waals surface area contributed by atoms with Gasteiger partial charge in [-0.1, -0.05) is 6.07 Å². The van der Waals surface area contributed by atoms with Crippen LogP contribution >= 0.6 is 22.7 Å². The summed E-state index contributed by atoms with van der Waals surface area (Å²) in [6.45, 7) is 3.28. The minimum atomic E-state index is -3.61. The zero-order chi connectivity index (χ0) is 15.0. The Morgan fingerprint density at radius 1 is 1.29 bits per heavy atom. The zero-order valence-electron chi connectivity index (χ0n) is 11.2. The summed E-state index contributed by atoms with van der Waals surface area (Å²) in [6.07, 6.45) is 0. The van der Waals surface area contributed by atoms with E-state index < -0.39 is 15.1 Å². The van der Waals surface area contributed by atoms with Crippen LogP contribution in [-0.2, 0) is 9.84 Å². The molecule has 0 N–H and O–H groups in total. The maximum Gasteiger partial charge on any atom is 0.257 e. The van der Waals surface area contributed by atoms with Gasteiger partial charge in [0.25, 0.3) is 5.89 Å². The van der Waals surface area contributed by atoms with Gasteiger partial charge in [0.1, 0.15) is 5.25 Å². The molecule has 3 heterocycles. The highest BCUT2D eigenvalue weighted by Crippen LogP contribution is 2.31. The fourth-order valence-corrected chi connectivity index (χ4v) is 4.86. The molecule has 0 aliphatic rings. The number of thiophene rings is 1. The van der Waals surface area contributed by atoms with E-state index >= 15 is 0 Å². The van der Waals surface area contributed by atoms with Gasteiger partial charge in [-0.15, -0.1) is 32.9 Å². The molecule has 0 spiro atoms. The summed E-state index contributed by atoms with van der Waals surface area (Å²) in [5.41, 5.74) is 0.676. The van der Waals surface area contributed by atoms with E-state index in [9.17, 15) is 8.42 Å². The van der Waals surface area contributed by atoms with Crippen molar-refractivity contribution in [1.82, 2.24) is 15.2 Å². The molecule has 3 aromatic rings. The third kappa shape index (κ3) is 2.63. The lowest BCUT2D eigenvalue weighted by molar-refractivity contribution is 0.495. The third-order valence-corrected chi connectivity index (χ3v) is 7.13. The van der Waals surface area contributed by atoms with E-state index in [0.29, 0.717) is 11.6 Å².